The Morgan fingerprint density at radius 2 is 1.70 bits per heavy atom. The highest BCUT2D eigenvalue weighted by molar-refractivity contribution is 6.05. The SMILES string of the molecule is CCC1=C(C)/C(=C(\c2ccc(C#N)cc2)c2[nH]c(C)c(CC)c2C)N=C1C. The fourth-order valence-electron chi connectivity index (χ4n) is 4.18. The van der Waals surface area contributed by atoms with Gasteiger partial charge in [-0.3, -0.25) is 4.99 Å². The van der Waals surface area contributed by atoms with E-state index < -0.39 is 0 Å². The number of benzene rings is 1. The predicted octanol–water partition coefficient (Wildman–Crippen LogP) is 6.03. The summed E-state index contributed by atoms with van der Waals surface area (Å²) in [5.41, 5.74) is 12.6. The smallest absolute Gasteiger partial charge is 0.0991 e. The van der Waals surface area contributed by atoms with Gasteiger partial charge in [0.05, 0.1) is 23.0 Å². The zero-order valence-electron chi connectivity index (χ0n) is 17.1. The Morgan fingerprint density at radius 3 is 2.19 bits per heavy atom. The predicted molar refractivity (Wildman–Crippen MR) is 113 cm³/mol. The standard InChI is InChI=1S/C24H27N3/c1-7-20-14(3)23(26-16(20)5)22(19-11-9-18(13-25)10-12-19)24-15(4)21(8-2)17(6)27-24/h9-12,26H,7-8H2,1-6H3/b24-22-. The van der Waals surface area contributed by atoms with E-state index in [2.05, 4.69) is 52.6 Å². The lowest BCUT2D eigenvalue weighted by atomic mass is 9.93. The van der Waals surface area contributed by atoms with E-state index in [4.69, 9.17) is 10.3 Å². The molecule has 3 nitrogen and oxygen atoms in total. The minimum absolute atomic E-state index is 0.671. The first-order valence-electron chi connectivity index (χ1n) is 9.61. The van der Waals surface area contributed by atoms with Crippen LogP contribution in [0.1, 0.15) is 67.8 Å². The molecule has 0 saturated heterocycles. The average Bonchev–Trinajstić information content (AvgIpc) is 3.11. The van der Waals surface area contributed by atoms with Gasteiger partial charge < -0.3 is 4.98 Å². The van der Waals surface area contributed by atoms with Crippen LogP contribution >= 0.6 is 0 Å². The van der Waals surface area contributed by atoms with E-state index in [1.807, 2.05) is 24.3 Å². The number of hydrogen-bond donors (Lipinski definition) is 1. The maximum absolute atomic E-state index is 9.16. The maximum atomic E-state index is 9.16. The first-order valence-corrected chi connectivity index (χ1v) is 9.61. The summed E-state index contributed by atoms with van der Waals surface area (Å²) in [4.78, 5) is 8.58. The van der Waals surface area contributed by atoms with Crippen molar-refractivity contribution >= 4 is 11.3 Å². The molecule has 0 fully saturated rings. The molecule has 1 aliphatic heterocycles. The molecule has 0 amide bonds. The molecule has 0 unspecified atom stereocenters. The summed E-state index contributed by atoms with van der Waals surface area (Å²) in [5.74, 6) is 0. The Bertz CT molecular complexity index is 1020. The molecule has 0 atom stereocenters. The van der Waals surface area contributed by atoms with Gasteiger partial charge in [0.15, 0.2) is 0 Å². The minimum atomic E-state index is 0.671. The lowest BCUT2D eigenvalue weighted by molar-refractivity contribution is 1.08. The van der Waals surface area contributed by atoms with Gasteiger partial charge >= 0.3 is 0 Å². The van der Waals surface area contributed by atoms with E-state index in [0.29, 0.717) is 5.56 Å². The highest BCUT2D eigenvalue weighted by atomic mass is 14.8. The van der Waals surface area contributed by atoms with Gasteiger partial charge in [-0.25, -0.2) is 0 Å². The van der Waals surface area contributed by atoms with E-state index >= 15 is 0 Å². The number of aliphatic imine (C=N–C) groups is 1. The third-order valence-corrected chi connectivity index (χ3v) is 5.61. The molecule has 1 aromatic heterocycles. The number of aromatic amines is 1. The van der Waals surface area contributed by atoms with Gasteiger partial charge in [0, 0.05) is 17.0 Å². The molecule has 0 spiro atoms. The minimum Gasteiger partial charge on any atom is -0.358 e. The number of nitriles is 1. The number of allylic oxidation sites excluding steroid dienone is 2. The Kier molecular flexibility index (Phi) is 5.19. The molecule has 1 N–H and O–H groups in total. The van der Waals surface area contributed by atoms with Crippen molar-refractivity contribution in [3.8, 4) is 6.07 Å². The summed E-state index contributed by atoms with van der Waals surface area (Å²) < 4.78 is 0. The topological polar surface area (TPSA) is 51.9 Å². The normalized spacial score (nSPS) is 15.8. The zero-order chi connectivity index (χ0) is 19.7. The van der Waals surface area contributed by atoms with Crippen molar-refractivity contribution in [3.63, 3.8) is 0 Å². The lowest BCUT2D eigenvalue weighted by Gasteiger charge is -2.13. The van der Waals surface area contributed by atoms with Gasteiger partial charge in [-0.2, -0.15) is 5.26 Å². The van der Waals surface area contributed by atoms with Crippen LogP contribution in [0.4, 0.5) is 0 Å². The van der Waals surface area contributed by atoms with Gasteiger partial charge in [-0.15, -0.1) is 0 Å². The van der Waals surface area contributed by atoms with Crippen LogP contribution in [0.2, 0.25) is 0 Å². The van der Waals surface area contributed by atoms with Crippen molar-refractivity contribution in [1.29, 1.82) is 5.26 Å². The Morgan fingerprint density at radius 1 is 1.04 bits per heavy atom. The average molecular weight is 358 g/mol. The molecule has 1 aromatic carbocycles. The van der Waals surface area contributed by atoms with Crippen LogP contribution in [0.25, 0.3) is 5.57 Å². The van der Waals surface area contributed by atoms with E-state index in [1.165, 1.54) is 28.0 Å². The largest absolute Gasteiger partial charge is 0.358 e. The van der Waals surface area contributed by atoms with E-state index in [-0.39, 0.29) is 0 Å². The molecule has 0 bridgehead atoms. The molecule has 0 aliphatic carbocycles. The lowest BCUT2D eigenvalue weighted by Crippen LogP contribution is -1.97. The van der Waals surface area contributed by atoms with Crippen molar-refractivity contribution in [2.24, 2.45) is 4.99 Å². The van der Waals surface area contributed by atoms with Crippen molar-refractivity contribution in [1.82, 2.24) is 4.98 Å². The van der Waals surface area contributed by atoms with Crippen molar-refractivity contribution < 1.29 is 0 Å². The van der Waals surface area contributed by atoms with E-state index in [0.717, 1.165) is 41.1 Å². The molecular formula is C24H27N3. The number of hydrogen-bond acceptors (Lipinski definition) is 2. The highest BCUT2D eigenvalue weighted by Gasteiger charge is 2.24. The van der Waals surface area contributed by atoms with E-state index in [1.54, 1.807) is 0 Å². The summed E-state index contributed by atoms with van der Waals surface area (Å²) in [5, 5.41) is 9.16. The third kappa shape index (κ3) is 3.17. The Labute approximate surface area is 162 Å². The number of rotatable bonds is 4. The second kappa shape index (κ2) is 7.40. The molecule has 2 aromatic rings. The van der Waals surface area contributed by atoms with Gasteiger partial charge in [0.25, 0.3) is 0 Å². The van der Waals surface area contributed by atoms with Crippen LogP contribution < -0.4 is 0 Å². The molecule has 3 heteroatoms. The number of H-pyrrole nitrogens is 1. The van der Waals surface area contributed by atoms with Crippen LogP contribution in [0, 0.1) is 25.2 Å². The summed E-state index contributed by atoms with van der Waals surface area (Å²) in [7, 11) is 0. The molecular weight excluding hydrogens is 330 g/mol. The van der Waals surface area contributed by atoms with Crippen LogP contribution in [-0.4, -0.2) is 10.7 Å². The number of nitrogens with zero attached hydrogens (tertiary/aromatic N) is 2. The Balaban J connectivity index is 2.34. The molecule has 3 rings (SSSR count). The summed E-state index contributed by atoms with van der Waals surface area (Å²) >= 11 is 0. The second-order valence-electron chi connectivity index (χ2n) is 7.15. The first-order chi connectivity index (χ1) is 12.9. The van der Waals surface area contributed by atoms with Crippen LogP contribution in [-0.2, 0) is 6.42 Å². The summed E-state index contributed by atoms with van der Waals surface area (Å²) in [6.07, 6.45) is 1.98. The monoisotopic (exact) mass is 357 g/mol. The van der Waals surface area contributed by atoms with Gasteiger partial charge in [-0.05, 0) is 80.5 Å². The van der Waals surface area contributed by atoms with Gasteiger partial charge in [0.1, 0.15) is 0 Å². The van der Waals surface area contributed by atoms with Crippen molar-refractivity contribution in [2.45, 2.75) is 54.4 Å². The van der Waals surface area contributed by atoms with Crippen molar-refractivity contribution in [3.05, 3.63) is 74.8 Å². The first kappa shape index (κ1) is 18.9. The van der Waals surface area contributed by atoms with Crippen LogP contribution in [0.15, 0.2) is 46.1 Å². The van der Waals surface area contributed by atoms with Gasteiger partial charge in [-0.1, -0.05) is 26.0 Å². The second-order valence-corrected chi connectivity index (χ2v) is 7.15. The zero-order valence-corrected chi connectivity index (χ0v) is 17.1. The number of aromatic nitrogens is 1. The molecule has 0 radical (unpaired) electrons. The number of nitrogens with one attached hydrogen (secondary N) is 1. The van der Waals surface area contributed by atoms with E-state index in [9.17, 15) is 0 Å². The Hall–Kier alpha value is -2.86. The molecule has 2 heterocycles. The third-order valence-electron chi connectivity index (χ3n) is 5.61. The quantitative estimate of drug-likeness (QED) is 0.714. The van der Waals surface area contributed by atoms with Crippen molar-refractivity contribution in [2.75, 3.05) is 0 Å². The maximum Gasteiger partial charge on any atom is 0.0991 e. The molecule has 1 aliphatic rings. The summed E-state index contributed by atoms with van der Waals surface area (Å²) in [6, 6.07) is 10.0. The number of aryl methyl sites for hydroxylation is 1. The summed E-state index contributed by atoms with van der Waals surface area (Å²) in [6.45, 7) is 13.0. The molecule has 138 valence electrons. The highest BCUT2D eigenvalue weighted by Crippen LogP contribution is 2.38. The molecule has 0 saturated carbocycles. The fraction of sp³-hybridized carbons (Fsp3) is 0.333. The van der Waals surface area contributed by atoms with Crippen LogP contribution in [0.3, 0.4) is 0 Å². The van der Waals surface area contributed by atoms with Gasteiger partial charge in [0.2, 0.25) is 0 Å². The molecule has 27 heavy (non-hydrogen) atoms. The van der Waals surface area contributed by atoms with Crippen LogP contribution in [0.5, 0.6) is 0 Å². The fourth-order valence-corrected chi connectivity index (χ4v) is 4.18.